The third-order valence-electron chi connectivity index (χ3n) is 4.94. The molecule has 1 aliphatic rings. The first kappa shape index (κ1) is 18.8. The fourth-order valence-corrected chi connectivity index (χ4v) is 3.42. The molecule has 1 aliphatic heterocycles. The van der Waals surface area contributed by atoms with Crippen molar-refractivity contribution < 1.29 is 14.3 Å². The van der Waals surface area contributed by atoms with E-state index in [4.69, 9.17) is 9.47 Å². The van der Waals surface area contributed by atoms with E-state index < -0.39 is 0 Å². The van der Waals surface area contributed by atoms with Crippen LogP contribution < -0.4 is 19.7 Å². The molecule has 2 heterocycles. The van der Waals surface area contributed by atoms with E-state index in [0.717, 1.165) is 25.2 Å². The smallest absolute Gasteiger partial charge is 0.263 e. The lowest BCUT2D eigenvalue weighted by Crippen LogP contribution is -2.30. The number of pyridine rings is 1. The van der Waals surface area contributed by atoms with Gasteiger partial charge in [-0.05, 0) is 41.8 Å². The topological polar surface area (TPSA) is 63.7 Å². The zero-order valence-electron chi connectivity index (χ0n) is 16.3. The van der Waals surface area contributed by atoms with E-state index in [1.165, 1.54) is 11.1 Å². The van der Waals surface area contributed by atoms with E-state index in [9.17, 15) is 4.79 Å². The Kier molecular flexibility index (Phi) is 5.61. The van der Waals surface area contributed by atoms with Gasteiger partial charge in [0.1, 0.15) is 5.82 Å². The number of anilines is 2. The number of nitrogens with one attached hydrogen (secondary N) is 1. The molecule has 0 bridgehead atoms. The van der Waals surface area contributed by atoms with Crippen LogP contribution in [0.4, 0.5) is 11.5 Å². The molecular weight excluding hydrogens is 366 g/mol. The van der Waals surface area contributed by atoms with Crippen molar-refractivity contribution in [2.24, 2.45) is 0 Å². The highest BCUT2D eigenvalue weighted by molar-refractivity contribution is 5.91. The van der Waals surface area contributed by atoms with Crippen LogP contribution in [0.2, 0.25) is 0 Å². The van der Waals surface area contributed by atoms with Crippen molar-refractivity contribution in [2.45, 2.75) is 13.0 Å². The largest absolute Gasteiger partial charge is 0.493 e. The second-order valence-electron chi connectivity index (χ2n) is 6.83. The summed E-state index contributed by atoms with van der Waals surface area (Å²) in [4.78, 5) is 18.9. The molecule has 1 aromatic heterocycles. The van der Waals surface area contributed by atoms with Crippen LogP contribution in [0.3, 0.4) is 0 Å². The Bertz CT molecular complexity index is 989. The highest BCUT2D eigenvalue weighted by atomic mass is 16.5. The van der Waals surface area contributed by atoms with E-state index >= 15 is 0 Å². The molecule has 6 nitrogen and oxygen atoms in total. The number of benzene rings is 2. The molecule has 0 fully saturated rings. The average Bonchev–Trinajstić information content (AvgIpc) is 2.78. The van der Waals surface area contributed by atoms with Gasteiger partial charge < -0.3 is 19.7 Å². The molecule has 0 saturated carbocycles. The van der Waals surface area contributed by atoms with Crippen LogP contribution in [0.1, 0.15) is 11.1 Å². The third kappa shape index (κ3) is 4.48. The van der Waals surface area contributed by atoms with E-state index in [2.05, 4.69) is 39.5 Å². The Labute approximate surface area is 170 Å². The van der Waals surface area contributed by atoms with Crippen molar-refractivity contribution in [3.05, 3.63) is 78.0 Å². The molecule has 148 valence electrons. The first-order valence-corrected chi connectivity index (χ1v) is 9.56. The molecule has 1 N–H and O–H groups in total. The van der Waals surface area contributed by atoms with Crippen LogP contribution in [0, 0.1) is 0 Å². The van der Waals surface area contributed by atoms with Gasteiger partial charge in [-0.1, -0.05) is 36.4 Å². The van der Waals surface area contributed by atoms with Crippen molar-refractivity contribution in [3.8, 4) is 11.5 Å². The molecule has 0 unspecified atom stereocenters. The minimum Gasteiger partial charge on any atom is -0.493 e. The maximum Gasteiger partial charge on any atom is 0.263 e. The van der Waals surface area contributed by atoms with Crippen LogP contribution in [0.5, 0.6) is 11.5 Å². The molecule has 4 rings (SSSR count). The minimum atomic E-state index is -0.275. The number of methoxy groups -OCH3 is 1. The number of nitrogens with zero attached hydrogens (tertiary/aromatic N) is 2. The summed E-state index contributed by atoms with van der Waals surface area (Å²) >= 11 is 0. The number of rotatable bonds is 6. The van der Waals surface area contributed by atoms with Crippen molar-refractivity contribution in [3.63, 3.8) is 0 Å². The molecular formula is C23H23N3O3. The summed E-state index contributed by atoms with van der Waals surface area (Å²) in [5.41, 5.74) is 3.81. The van der Waals surface area contributed by atoms with Gasteiger partial charge in [-0.2, -0.15) is 0 Å². The summed E-state index contributed by atoms with van der Waals surface area (Å²) in [7, 11) is 1.56. The van der Waals surface area contributed by atoms with Crippen LogP contribution in [-0.2, 0) is 17.8 Å². The molecule has 6 heteroatoms. The highest BCUT2D eigenvalue weighted by Gasteiger charge is 2.16. The molecule has 0 aliphatic carbocycles. The lowest BCUT2D eigenvalue weighted by Gasteiger charge is -2.30. The lowest BCUT2D eigenvalue weighted by atomic mass is 10.00. The third-order valence-corrected chi connectivity index (χ3v) is 4.94. The second-order valence-corrected chi connectivity index (χ2v) is 6.83. The molecule has 3 aromatic rings. The van der Waals surface area contributed by atoms with E-state index in [0.29, 0.717) is 17.3 Å². The van der Waals surface area contributed by atoms with Gasteiger partial charge in [-0.25, -0.2) is 4.98 Å². The number of hydrogen-bond acceptors (Lipinski definition) is 5. The van der Waals surface area contributed by atoms with Gasteiger partial charge in [-0.15, -0.1) is 0 Å². The van der Waals surface area contributed by atoms with Crippen molar-refractivity contribution >= 4 is 17.4 Å². The summed E-state index contributed by atoms with van der Waals surface area (Å²) in [5, 5.41) is 2.76. The Morgan fingerprint density at radius 3 is 2.55 bits per heavy atom. The number of para-hydroxylation sites is 2. The molecule has 1 amide bonds. The van der Waals surface area contributed by atoms with E-state index in [1.54, 1.807) is 25.4 Å². The Hall–Kier alpha value is -3.54. The maximum atomic E-state index is 12.2. The SMILES string of the molecule is COc1ccccc1OCC(=O)Nc1ccc(N2CCc3ccccc3C2)cn1. The molecule has 0 atom stereocenters. The number of hydrogen-bond donors (Lipinski definition) is 1. The summed E-state index contributed by atoms with van der Waals surface area (Å²) in [5.74, 6) is 1.34. The maximum absolute atomic E-state index is 12.2. The fraction of sp³-hybridized carbons (Fsp3) is 0.217. The van der Waals surface area contributed by atoms with Crippen molar-refractivity contribution in [1.82, 2.24) is 4.98 Å². The van der Waals surface area contributed by atoms with Crippen LogP contribution >= 0.6 is 0 Å². The summed E-state index contributed by atoms with van der Waals surface area (Å²) in [6, 6.07) is 19.5. The van der Waals surface area contributed by atoms with Crippen LogP contribution in [0.15, 0.2) is 66.9 Å². The van der Waals surface area contributed by atoms with Gasteiger partial charge in [0, 0.05) is 13.1 Å². The molecule has 29 heavy (non-hydrogen) atoms. The monoisotopic (exact) mass is 389 g/mol. The summed E-state index contributed by atoms with van der Waals surface area (Å²) in [6.45, 7) is 1.71. The van der Waals surface area contributed by atoms with E-state index in [-0.39, 0.29) is 12.5 Å². The first-order valence-electron chi connectivity index (χ1n) is 9.56. The molecule has 2 aromatic carbocycles. The zero-order valence-corrected chi connectivity index (χ0v) is 16.3. The van der Waals surface area contributed by atoms with E-state index in [1.807, 2.05) is 24.3 Å². The predicted molar refractivity (Wildman–Crippen MR) is 113 cm³/mol. The van der Waals surface area contributed by atoms with Gasteiger partial charge in [0.2, 0.25) is 0 Å². The second kappa shape index (κ2) is 8.65. The first-order chi connectivity index (χ1) is 14.2. The Morgan fingerprint density at radius 2 is 1.79 bits per heavy atom. The number of carbonyl (C=O) groups is 1. The Morgan fingerprint density at radius 1 is 1.03 bits per heavy atom. The fourth-order valence-electron chi connectivity index (χ4n) is 3.42. The predicted octanol–water partition coefficient (Wildman–Crippen LogP) is 3.67. The van der Waals surface area contributed by atoms with Gasteiger partial charge in [0.25, 0.3) is 5.91 Å². The van der Waals surface area contributed by atoms with Gasteiger partial charge >= 0.3 is 0 Å². The lowest BCUT2D eigenvalue weighted by molar-refractivity contribution is -0.118. The quantitative estimate of drug-likeness (QED) is 0.697. The average molecular weight is 389 g/mol. The molecule has 0 radical (unpaired) electrons. The minimum absolute atomic E-state index is 0.118. The zero-order chi connectivity index (χ0) is 20.1. The normalized spacial score (nSPS) is 12.8. The van der Waals surface area contributed by atoms with Crippen LogP contribution in [-0.4, -0.2) is 31.2 Å². The number of amides is 1. The van der Waals surface area contributed by atoms with Gasteiger partial charge in [0.15, 0.2) is 18.1 Å². The summed E-state index contributed by atoms with van der Waals surface area (Å²) in [6.07, 6.45) is 2.82. The number of ether oxygens (including phenoxy) is 2. The van der Waals surface area contributed by atoms with Crippen LogP contribution in [0.25, 0.3) is 0 Å². The Balaban J connectivity index is 1.33. The molecule has 0 saturated heterocycles. The highest BCUT2D eigenvalue weighted by Crippen LogP contribution is 2.26. The number of fused-ring (bicyclic) bond motifs is 1. The van der Waals surface area contributed by atoms with Crippen molar-refractivity contribution in [1.29, 1.82) is 0 Å². The van der Waals surface area contributed by atoms with Gasteiger partial charge in [-0.3, -0.25) is 4.79 Å². The summed E-state index contributed by atoms with van der Waals surface area (Å²) < 4.78 is 10.8. The number of carbonyl (C=O) groups excluding carboxylic acids is 1. The van der Waals surface area contributed by atoms with Gasteiger partial charge in [0.05, 0.1) is 19.0 Å². The standard InChI is InChI=1S/C23H23N3O3/c1-28-20-8-4-5-9-21(20)29-16-23(27)25-22-11-10-19(14-24-22)26-13-12-17-6-2-3-7-18(17)15-26/h2-11,14H,12-13,15-16H2,1H3,(H,24,25,27). The number of aromatic nitrogens is 1. The van der Waals surface area contributed by atoms with Crippen molar-refractivity contribution in [2.75, 3.05) is 30.5 Å². The molecule has 0 spiro atoms.